The highest BCUT2D eigenvalue weighted by atomic mass is 31.2. The van der Waals surface area contributed by atoms with E-state index < -0.39 is 20.0 Å². The minimum absolute atomic E-state index is 0.0550. The summed E-state index contributed by atoms with van der Waals surface area (Å²) in [6.07, 6.45) is 80.3. The number of phosphoric ester groups is 1. The Morgan fingerprint density at radius 1 is 0.461 bits per heavy atom. The quantitative estimate of drug-likeness (QED) is 0.0243. The van der Waals surface area contributed by atoms with Gasteiger partial charge < -0.3 is 19.8 Å². The number of allylic oxidation sites excluding steroid dienone is 11. The van der Waals surface area contributed by atoms with Crippen molar-refractivity contribution in [1.82, 2.24) is 5.32 Å². The summed E-state index contributed by atoms with van der Waals surface area (Å²) in [6.45, 7) is 4.72. The molecule has 0 aliphatic carbocycles. The lowest BCUT2D eigenvalue weighted by Gasteiger charge is -2.25. The molecule has 0 saturated heterocycles. The fourth-order valence-electron chi connectivity index (χ4n) is 9.41. The second kappa shape index (κ2) is 57.6. The number of aliphatic hydroxyl groups is 1. The van der Waals surface area contributed by atoms with E-state index in [-0.39, 0.29) is 19.1 Å². The molecule has 0 bridgehead atoms. The average Bonchev–Trinajstić information content (AvgIpc) is 3.38. The molecule has 0 spiro atoms. The monoisotopic (exact) mass is 1090 g/mol. The Morgan fingerprint density at radius 2 is 0.803 bits per heavy atom. The first-order valence-electron chi connectivity index (χ1n) is 32.3. The van der Waals surface area contributed by atoms with Crippen LogP contribution in [0.25, 0.3) is 0 Å². The number of aliphatic hydroxyl groups excluding tert-OH is 1. The van der Waals surface area contributed by atoms with Gasteiger partial charge in [0, 0.05) is 6.42 Å². The van der Waals surface area contributed by atoms with E-state index in [2.05, 4.69) is 79.9 Å². The lowest BCUT2D eigenvalue weighted by Crippen LogP contribution is -2.45. The van der Waals surface area contributed by atoms with Crippen LogP contribution in [-0.2, 0) is 18.4 Å². The van der Waals surface area contributed by atoms with Gasteiger partial charge in [0.15, 0.2) is 0 Å². The number of nitrogens with zero attached hydrogens (tertiary/aromatic N) is 1. The minimum atomic E-state index is -4.36. The molecule has 0 heterocycles. The summed E-state index contributed by atoms with van der Waals surface area (Å²) in [5.74, 6) is -0.185. The number of quaternary nitrogens is 1. The summed E-state index contributed by atoms with van der Waals surface area (Å²) in [4.78, 5) is 23.4. The van der Waals surface area contributed by atoms with Gasteiger partial charge in [-0.05, 0) is 70.6 Å². The average molecular weight is 1090 g/mol. The van der Waals surface area contributed by atoms with E-state index in [1.807, 2.05) is 27.2 Å². The number of hydrogen-bond donors (Lipinski definition) is 3. The maximum Gasteiger partial charge on any atom is 0.472 e. The standard InChI is InChI=1S/C67H125N2O6P/c1-6-8-10-12-14-16-18-20-22-24-26-28-30-32-33-34-35-37-39-41-43-45-47-49-51-53-55-57-59-61-67(71)68-65(64-75-76(72,73)74-63-62-69(3,4)5)66(70)60-58-56-54-52-50-48-46-44-42-40-38-36-31-29-27-25-23-21-19-17-15-13-11-9-7-2/h8,10,14,16,20,22,26,28,50,52,58,60,65-66,70H,6-7,9,11-13,15,17-19,21,23-25,27,29-49,51,53-57,59,61-64H2,1-5H3,(H-,68,71,72,73)/p+1/b10-8-,16-14-,22-20-,28-26-,52-50+,60-58+. The summed E-state index contributed by atoms with van der Waals surface area (Å²) in [7, 11) is 1.56. The van der Waals surface area contributed by atoms with Crippen LogP contribution in [0.3, 0.4) is 0 Å². The van der Waals surface area contributed by atoms with Crippen molar-refractivity contribution in [1.29, 1.82) is 0 Å². The SMILES string of the molecule is CC/C=C\C/C=C\C/C=C\C/C=C\CCCCCCCCCCCCCCCCCCC(=O)NC(COP(=O)(O)OCC[N+](C)(C)C)C(O)/C=C/CC/C=C/CCCCCCCCCCCCCCCCCCCCC. The van der Waals surface area contributed by atoms with E-state index in [0.29, 0.717) is 17.4 Å². The van der Waals surface area contributed by atoms with Crippen LogP contribution in [0.15, 0.2) is 72.9 Å². The van der Waals surface area contributed by atoms with Crippen molar-refractivity contribution in [2.45, 2.75) is 309 Å². The third kappa shape index (κ3) is 59.6. The van der Waals surface area contributed by atoms with Crippen LogP contribution < -0.4 is 5.32 Å². The van der Waals surface area contributed by atoms with Crippen LogP contribution in [0.1, 0.15) is 296 Å². The molecule has 76 heavy (non-hydrogen) atoms. The first kappa shape index (κ1) is 73.9. The maximum atomic E-state index is 13.0. The molecule has 0 radical (unpaired) electrons. The van der Waals surface area contributed by atoms with Crippen molar-refractivity contribution < 1.29 is 32.9 Å². The summed E-state index contributed by atoms with van der Waals surface area (Å²) in [5, 5.41) is 14.0. The molecule has 0 aromatic carbocycles. The van der Waals surface area contributed by atoms with Crippen molar-refractivity contribution in [3.05, 3.63) is 72.9 Å². The maximum absolute atomic E-state index is 13.0. The largest absolute Gasteiger partial charge is 0.472 e. The fraction of sp³-hybridized carbons (Fsp3) is 0.806. The lowest BCUT2D eigenvalue weighted by molar-refractivity contribution is -0.870. The van der Waals surface area contributed by atoms with Gasteiger partial charge in [0.2, 0.25) is 5.91 Å². The van der Waals surface area contributed by atoms with Gasteiger partial charge in [-0.3, -0.25) is 13.8 Å². The predicted octanol–water partition coefficient (Wildman–Crippen LogP) is 20.2. The van der Waals surface area contributed by atoms with E-state index in [1.165, 1.54) is 212 Å². The second-order valence-corrected chi connectivity index (χ2v) is 24.6. The molecule has 3 unspecified atom stereocenters. The minimum Gasteiger partial charge on any atom is -0.387 e. The summed E-state index contributed by atoms with van der Waals surface area (Å²) < 4.78 is 23.8. The number of amides is 1. The molecule has 0 aliphatic heterocycles. The van der Waals surface area contributed by atoms with Gasteiger partial charge in [-0.15, -0.1) is 0 Å². The fourth-order valence-corrected chi connectivity index (χ4v) is 10.1. The Bertz CT molecular complexity index is 1470. The van der Waals surface area contributed by atoms with Crippen molar-refractivity contribution in [3.63, 3.8) is 0 Å². The zero-order valence-corrected chi connectivity index (χ0v) is 51.6. The third-order valence-corrected chi connectivity index (χ3v) is 15.4. The first-order valence-corrected chi connectivity index (χ1v) is 33.8. The summed E-state index contributed by atoms with van der Waals surface area (Å²) in [6, 6.07) is -0.867. The Hall–Kier alpha value is -2.06. The molecule has 0 rings (SSSR count). The summed E-state index contributed by atoms with van der Waals surface area (Å²) in [5.41, 5.74) is 0. The first-order chi connectivity index (χ1) is 37.0. The van der Waals surface area contributed by atoms with Gasteiger partial charge >= 0.3 is 7.82 Å². The number of rotatable bonds is 59. The Kier molecular flexibility index (Phi) is 56.1. The Labute approximate surface area is 472 Å². The van der Waals surface area contributed by atoms with Crippen molar-refractivity contribution in [3.8, 4) is 0 Å². The highest BCUT2D eigenvalue weighted by molar-refractivity contribution is 7.47. The smallest absolute Gasteiger partial charge is 0.387 e. The van der Waals surface area contributed by atoms with Gasteiger partial charge in [0.05, 0.1) is 39.9 Å². The van der Waals surface area contributed by atoms with Crippen LogP contribution in [0.2, 0.25) is 0 Å². The number of likely N-dealkylation sites (N-methyl/N-ethyl adjacent to an activating group) is 1. The molecule has 0 aliphatic rings. The zero-order chi connectivity index (χ0) is 55.6. The molecule has 0 fully saturated rings. The Balaban J connectivity index is 4.15. The van der Waals surface area contributed by atoms with Crippen LogP contribution in [0.5, 0.6) is 0 Å². The number of phosphoric acid groups is 1. The molecule has 8 nitrogen and oxygen atoms in total. The van der Waals surface area contributed by atoms with E-state index in [0.717, 1.165) is 64.2 Å². The van der Waals surface area contributed by atoms with E-state index >= 15 is 0 Å². The van der Waals surface area contributed by atoms with E-state index in [4.69, 9.17) is 9.05 Å². The predicted molar refractivity (Wildman–Crippen MR) is 332 cm³/mol. The zero-order valence-electron chi connectivity index (χ0n) is 50.7. The molecule has 9 heteroatoms. The van der Waals surface area contributed by atoms with Gasteiger partial charge in [0.25, 0.3) is 0 Å². The number of nitrogens with one attached hydrogen (secondary N) is 1. The van der Waals surface area contributed by atoms with Gasteiger partial charge in [-0.1, -0.05) is 292 Å². The van der Waals surface area contributed by atoms with Crippen LogP contribution in [0.4, 0.5) is 0 Å². The molecule has 444 valence electrons. The van der Waals surface area contributed by atoms with E-state index in [1.54, 1.807) is 6.08 Å². The highest BCUT2D eigenvalue weighted by Gasteiger charge is 2.27. The number of carbonyl (C=O) groups excluding carboxylic acids is 1. The van der Waals surface area contributed by atoms with E-state index in [9.17, 15) is 19.4 Å². The third-order valence-electron chi connectivity index (χ3n) is 14.4. The molecule has 0 aromatic rings. The molecular formula is C67H126N2O6P+. The van der Waals surface area contributed by atoms with Crippen LogP contribution in [-0.4, -0.2) is 73.4 Å². The summed E-state index contributed by atoms with van der Waals surface area (Å²) >= 11 is 0. The lowest BCUT2D eigenvalue weighted by atomic mass is 10.0. The van der Waals surface area contributed by atoms with Gasteiger partial charge in [-0.2, -0.15) is 0 Å². The molecular weight excluding hydrogens is 960 g/mol. The number of carbonyl (C=O) groups is 1. The molecule has 3 N–H and O–H groups in total. The number of unbranched alkanes of at least 4 members (excludes halogenated alkanes) is 36. The molecule has 3 atom stereocenters. The van der Waals surface area contributed by atoms with Crippen molar-refractivity contribution in [2.75, 3.05) is 40.9 Å². The van der Waals surface area contributed by atoms with Crippen LogP contribution in [0, 0.1) is 0 Å². The molecule has 0 saturated carbocycles. The Morgan fingerprint density at radius 3 is 1.21 bits per heavy atom. The highest BCUT2D eigenvalue weighted by Crippen LogP contribution is 2.43. The molecule has 1 amide bonds. The number of hydrogen-bond acceptors (Lipinski definition) is 5. The topological polar surface area (TPSA) is 105 Å². The molecule has 0 aromatic heterocycles. The van der Waals surface area contributed by atoms with Crippen molar-refractivity contribution >= 4 is 13.7 Å². The second-order valence-electron chi connectivity index (χ2n) is 23.1. The van der Waals surface area contributed by atoms with Crippen LogP contribution >= 0.6 is 7.82 Å². The van der Waals surface area contributed by atoms with Gasteiger partial charge in [-0.25, -0.2) is 4.57 Å². The normalized spacial score (nSPS) is 14.2. The van der Waals surface area contributed by atoms with Gasteiger partial charge in [0.1, 0.15) is 13.2 Å². The van der Waals surface area contributed by atoms with Crippen molar-refractivity contribution in [2.24, 2.45) is 0 Å².